The maximum atomic E-state index is 12.7. The van der Waals surface area contributed by atoms with Crippen molar-refractivity contribution in [1.29, 1.82) is 0 Å². The summed E-state index contributed by atoms with van der Waals surface area (Å²) in [5.74, 6) is 0.00767. The molecule has 0 aliphatic carbocycles. The molecule has 116 valence electrons. The zero-order valence-electron chi connectivity index (χ0n) is 12.5. The van der Waals surface area contributed by atoms with Gasteiger partial charge in [-0.05, 0) is 20.3 Å². The first-order valence-corrected chi connectivity index (χ1v) is 8.19. The third-order valence-corrected chi connectivity index (χ3v) is 5.21. The van der Waals surface area contributed by atoms with Crippen molar-refractivity contribution in [2.45, 2.75) is 39.0 Å². The third kappa shape index (κ3) is 2.14. The molecule has 2 aliphatic heterocycles. The van der Waals surface area contributed by atoms with Crippen molar-refractivity contribution in [3.8, 4) is 0 Å². The van der Waals surface area contributed by atoms with Crippen molar-refractivity contribution in [3.63, 3.8) is 0 Å². The summed E-state index contributed by atoms with van der Waals surface area (Å²) < 4.78 is 7.86. The first-order valence-electron chi connectivity index (χ1n) is 7.37. The normalized spacial score (nSPS) is 24.0. The van der Waals surface area contributed by atoms with Gasteiger partial charge in [-0.1, -0.05) is 5.21 Å². The van der Waals surface area contributed by atoms with Gasteiger partial charge in [-0.25, -0.2) is 9.67 Å². The number of ether oxygens (including phenoxy) is 1. The smallest absolute Gasteiger partial charge is 0.273 e. The summed E-state index contributed by atoms with van der Waals surface area (Å²) in [5.41, 5.74) is 1.59. The number of likely N-dealkylation sites (tertiary alicyclic amines) is 1. The molecule has 2 aliphatic rings. The average molecular weight is 319 g/mol. The lowest BCUT2D eigenvalue weighted by molar-refractivity contribution is -0.0628. The van der Waals surface area contributed by atoms with Gasteiger partial charge in [0, 0.05) is 18.0 Å². The van der Waals surface area contributed by atoms with Gasteiger partial charge in [0.05, 0.1) is 35.7 Å². The van der Waals surface area contributed by atoms with Crippen LogP contribution in [0.1, 0.15) is 38.5 Å². The summed E-state index contributed by atoms with van der Waals surface area (Å²) in [4.78, 5) is 19.9. The lowest BCUT2D eigenvalue weighted by atomic mass is 10.00. The highest BCUT2D eigenvalue weighted by atomic mass is 32.1. The Morgan fingerprint density at radius 2 is 2.32 bits per heavy atom. The molecule has 1 fully saturated rings. The van der Waals surface area contributed by atoms with E-state index in [4.69, 9.17) is 4.74 Å². The monoisotopic (exact) mass is 319 g/mol. The second-order valence-electron chi connectivity index (χ2n) is 5.76. The molecule has 0 spiro atoms. The van der Waals surface area contributed by atoms with Crippen LogP contribution < -0.4 is 0 Å². The van der Waals surface area contributed by atoms with Gasteiger partial charge in [-0.15, -0.1) is 16.4 Å². The van der Waals surface area contributed by atoms with Gasteiger partial charge in [0.1, 0.15) is 5.69 Å². The fraction of sp³-hybridized carbons (Fsp3) is 0.571. The number of hydrogen-bond acceptors (Lipinski definition) is 6. The molecule has 0 bridgehead atoms. The quantitative estimate of drug-likeness (QED) is 0.793. The number of aromatic nitrogens is 4. The number of carbonyl (C=O) groups excluding carboxylic acids is 1. The van der Waals surface area contributed by atoms with Crippen LogP contribution in [0, 0.1) is 13.8 Å². The molecule has 0 unspecified atom stereocenters. The Hall–Kier alpha value is -1.80. The number of piperidine rings is 1. The Kier molecular flexibility index (Phi) is 3.23. The number of rotatable bonds is 1. The molecule has 22 heavy (non-hydrogen) atoms. The van der Waals surface area contributed by atoms with Gasteiger partial charge in [0.2, 0.25) is 0 Å². The van der Waals surface area contributed by atoms with Crippen LogP contribution in [0.15, 0.2) is 6.20 Å². The minimum absolute atomic E-state index is 0.00767. The Morgan fingerprint density at radius 3 is 3.09 bits per heavy atom. The minimum Gasteiger partial charge on any atom is -0.368 e. The maximum Gasteiger partial charge on any atom is 0.273 e. The van der Waals surface area contributed by atoms with Gasteiger partial charge >= 0.3 is 0 Å². The van der Waals surface area contributed by atoms with E-state index in [1.807, 2.05) is 23.4 Å². The minimum atomic E-state index is -0.0214. The van der Waals surface area contributed by atoms with Crippen LogP contribution in [0.25, 0.3) is 0 Å². The predicted octanol–water partition coefficient (Wildman–Crippen LogP) is 1.34. The Balaban J connectivity index is 1.54. The van der Waals surface area contributed by atoms with E-state index in [0.717, 1.165) is 22.0 Å². The molecule has 0 N–H and O–H groups in total. The third-order valence-electron chi connectivity index (χ3n) is 4.33. The summed E-state index contributed by atoms with van der Waals surface area (Å²) in [7, 11) is 0. The number of hydrogen-bond donors (Lipinski definition) is 0. The topological polar surface area (TPSA) is 73.1 Å². The van der Waals surface area contributed by atoms with Crippen LogP contribution in [0.4, 0.5) is 0 Å². The van der Waals surface area contributed by atoms with E-state index in [0.29, 0.717) is 25.4 Å². The second-order valence-corrected chi connectivity index (χ2v) is 7.17. The van der Waals surface area contributed by atoms with Crippen LogP contribution >= 0.6 is 11.3 Å². The molecule has 0 saturated carbocycles. The molecular weight excluding hydrogens is 302 g/mol. The van der Waals surface area contributed by atoms with Crippen LogP contribution in [-0.2, 0) is 11.3 Å². The highest BCUT2D eigenvalue weighted by Gasteiger charge is 2.38. The number of fused-ring (bicyclic) bond motifs is 3. The number of nitrogens with zero attached hydrogens (tertiary/aromatic N) is 5. The average Bonchev–Trinajstić information content (AvgIpc) is 3.12. The zero-order chi connectivity index (χ0) is 15.3. The number of aryl methyl sites for hydroxylation is 2. The number of thiazole rings is 1. The summed E-state index contributed by atoms with van der Waals surface area (Å²) in [6.07, 6.45) is 2.55. The Bertz CT molecular complexity index is 725. The molecule has 2 aromatic heterocycles. The van der Waals surface area contributed by atoms with E-state index >= 15 is 0 Å². The SMILES string of the molecule is Cc1nc(C(=O)N2CC[C@H]3[C@H](C2)OCc2cnnn23)c(C)s1. The molecule has 7 nitrogen and oxygen atoms in total. The van der Waals surface area contributed by atoms with Crippen LogP contribution in [0.5, 0.6) is 0 Å². The number of amides is 1. The van der Waals surface area contributed by atoms with E-state index in [9.17, 15) is 4.79 Å². The van der Waals surface area contributed by atoms with Crippen molar-refractivity contribution < 1.29 is 9.53 Å². The van der Waals surface area contributed by atoms with Crippen molar-refractivity contribution >= 4 is 17.2 Å². The highest BCUT2D eigenvalue weighted by Crippen LogP contribution is 2.31. The van der Waals surface area contributed by atoms with Gasteiger partial charge in [0.25, 0.3) is 5.91 Å². The van der Waals surface area contributed by atoms with E-state index in [2.05, 4.69) is 15.3 Å². The molecule has 2 atom stereocenters. The zero-order valence-corrected chi connectivity index (χ0v) is 13.3. The van der Waals surface area contributed by atoms with E-state index in [-0.39, 0.29) is 18.1 Å². The summed E-state index contributed by atoms with van der Waals surface area (Å²) in [6.45, 7) is 5.66. The molecular formula is C14H17N5O2S. The van der Waals surface area contributed by atoms with E-state index in [1.54, 1.807) is 17.5 Å². The molecule has 4 heterocycles. The van der Waals surface area contributed by atoms with Crippen molar-refractivity contribution in [2.75, 3.05) is 13.1 Å². The van der Waals surface area contributed by atoms with Crippen LogP contribution in [0.2, 0.25) is 0 Å². The first kappa shape index (κ1) is 13.8. The van der Waals surface area contributed by atoms with Gasteiger partial charge < -0.3 is 9.64 Å². The lowest BCUT2D eigenvalue weighted by Gasteiger charge is -2.40. The maximum absolute atomic E-state index is 12.7. The molecule has 0 radical (unpaired) electrons. The number of carbonyl (C=O) groups is 1. The summed E-state index contributed by atoms with van der Waals surface area (Å²) in [5, 5.41) is 9.04. The van der Waals surface area contributed by atoms with E-state index < -0.39 is 0 Å². The molecule has 2 aromatic rings. The predicted molar refractivity (Wildman–Crippen MR) is 79.7 cm³/mol. The molecule has 1 amide bonds. The van der Waals surface area contributed by atoms with Crippen molar-refractivity contribution in [1.82, 2.24) is 24.9 Å². The summed E-state index contributed by atoms with van der Waals surface area (Å²) >= 11 is 1.56. The van der Waals surface area contributed by atoms with Gasteiger partial charge in [-0.3, -0.25) is 4.79 Å². The fourth-order valence-electron chi connectivity index (χ4n) is 3.25. The van der Waals surface area contributed by atoms with E-state index in [1.165, 1.54) is 0 Å². The lowest BCUT2D eigenvalue weighted by Crippen LogP contribution is -2.50. The Labute approximate surface area is 131 Å². The van der Waals surface area contributed by atoms with Crippen LogP contribution in [0.3, 0.4) is 0 Å². The van der Waals surface area contributed by atoms with Crippen LogP contribution in [-0.4, -0.2) is 50.0 Å². The van der Waals surface area contributed by atoms with Crippen molar-refractivity contribution in [2.24, 2.45) is 0 Å². The fourth-order valence-corrected chi connectivity index (χ4v) is 4.06. The first-order chi connectivity index (χ1) is 10.6. The molecule has 0 aromatic carbocycles. The standard InChI is InChI=1S/C14H17N5O2S/c1-8-13(16-9(2)22-8)14(20)18-4-3-11-12(6-18)21-7-10-5-15-17-19(10)11/h5,11-12H,3-4,6-7H2,1-2H3/t11-,12-/m0/s1. The summed E-state index contributed by atoms with van der Waals surface area (Å²) in [6, 6.07) is 0.175. The Morgan fingerprint density at radius 1 is 1.45 bits per heavy atom. The van der Waals surface area contributed by atoms with Crippen molar-refractivity contribution in [3.05, 3.63) is 27.5 Å². The van der Waals surface area contributed by atoms with Gasteiger partial charge in [0.15, 0.2) is 0 Å². The highest BCUT2D eigenvalue weighted by molar-refractivity contribution is 7.11. The molecule has 8 heteroatoms. The molecule has 4 rings (SSSR count). The van der Waals surface area contributed by atoms with Gasteiger partial charge in [-0.2, -0.15) is 0 Å². The second kappa shape index (κ2) is 5.13. The molecule has 1 saturated heterocycles. The largest absolute Gasteiger partial charge is 0.368 e.